The second kappa shape index (κ2) is 31.6. The van der Waals surface area contributed by atoms with Gasteiger partial charge in [-0.3, -0.25) is 4.99 Å². The molecule has 0 radical (unpaired) electrons. The molecular formula is C43H68N2Ni. The van der Waals surface area contributed by atoms with Crippen LogP contribution < -0.4 is 0 Å². The van der Waals surface area contributed by atoms with E-state index in [2.05, 4.69) is 86.7 Å². The summed E-state index contributed by atoms with van der Waals surface area (Å²) in [5.74, 6) is 0. The fraction of sp³-hybridized carbons (Fsp3) is 0.628. The molecule has 260 valence electrons. The Bertz CT molecular complexity index is 1010. The minimum atomic E-state index is 0. The summed E-state index contributed by atoms with van der Waals surface area (Å²) in [6.45, 7) is 4.56. The number of hydrogen-bond acceptors (Lipinski definition) is 2. The van der Waals surface area contributed by atoms with Gasteiger partial charge >= 0.3 is 0 Å². The van der Waals surface area contributed by atoms with E-state index in [9.17, 15) is 0 Å². The number of benzene rings is 2. The Kier molecular flexibility index (Phi) is 28.9. The molecule has 0 amide bonds. The van der Waals surface area contributed by atoms with Crippen LogP contribution in [-0.4, -0.2) is 11.4 Å². The van der Waals surface area contributed by atoms with Crippen LogP contribution in [0.5, 0.6) is 0 Å². The quantitative estimate of drug-likeness (QED) is 0.0467. The molecule has 2 nitrogen and oxygen atoms in total. The van der Waals surface area contributed by atoms with Crippen molar-refractivity contribution in [2.45, 2.75) is 174 Å². The molecule has 2 aromatic carbocycles. The van der Waals surface area contributed by atoms with Crippen LogP contribution in [0, 0.1) is 0 Å². The molecule has 0 aliphatic carbocycles. The Morgan fingerprint density at radius 3 is 1.26 bits per heavy atom. The number of unbranched alkanes of at least 4 members (excludes halogenated alkanes) is 22. The topological polar surface area (TPSA) is 24.7 Å². The van der Waals surface area contributed by atoms with Crippen LogP contribution >= 0.6 is 0 Å². The summed E-state index contributed by atoms with van der Waals surface area (Å²) in [6, 6.07) is 20.7. The number of hydrogen-bond donors (Lipinski definition) is 0. The second-order valence-electron chi connectivity index (χ2n) is 13.1. The molecule has 0 aromatic heterocycles. The van der Waals surface area contributed by atoms with E-state index in [0.29, 0.717) is 0 Å². The van der Waals surface area contributed by atoms with E-state index in [1.165, 1.54) is 141 Å². The third-order valence-electron chi connectivity index (χ3n) is 8.84. The van der Waals surface area contributed by atoms with Gasteiger partial charge in [-0.15, -0.1) is 0 Å². The fourth-order valence-corrected chi connectivity index (χ4v) is 5.99. The number of nitrogens with zero attached hydrogens (tertiary/aromatic N) is 2. The SMILES string of the molecule is CCCCCCCCCCCCCCCCCCCCCC/C=C/C(=N\c1ccccc1)C(/CCCCC)=N/c1ccccc1.[Ni]. The van der Waals surface area contributed by atoms with Gasteiger partial charge in [-0.2, -0.15) is 0 Å². The van der Waals surface area contributed by atoms with Gasteiger partial charge in [-0.25, -0.2) is 4.99 Å². The van der Waals surface area contributed by atoms with E-state index in [1.807, 2.05) is 0 Å². The minimum Gasteiger partial charge on any atom is -0.251 e. The molecule has 0 unspecified atom stereocenters. The average Bonchev–Trinajstić information content (AvgIpc) is 3.07. The summed E-state index contributed by atoms with van der Waals surface area (Å²) < 4.78 is 0. The summed E-state index contributed by atoms with van der Waals surface area (Å²) in [7, 11) is 0. The van der Waals surface area contributed by atoms with Crippen LogP contribution in [0.2, 0.25) is 0 Å². The predicted molar refractivity (Wildman–Crippen MR) is 203 cm³/mol. The molecule has 0 saturated carbocycles. The molecular weight excluding hydrogens is 603 g/mol. The van der Waals surface area contributed by atoms with Crippen molar-refractivity contribution < 1.29 is 16.5 Å². The standard InChI is InChI=1S/C43H68N2.Ni/c1-3-5-7-8-9-10-11-12-13-14-15-16-17-18-19-20-21-22-23-24-25-33-39-43(45-41-36-31-27-32-37-41)42(38-28-6-4-2)44-40-34-29-26-30-35-40;/h26-27,29-37,39H,3-25,28,38H2,1-2H3;/b39-33+,44-42+,45-43+;. The zero-order valence-corrected chi connectivity index (χ0v) is 30.8. The molecule has 2 rings (SSSR count). The Balaban J connectivity index is 0.0000106. The van der Waals surface area contributed by atoms with Gasteiger partial charge in [0.15, 0.2) is 0 Å². The summed E-state index contributed by atoms with van der Waals surface area (Å²) in [5.41, 5.74) is 4.10. The first-order chi connectivity index (χ1) is 22.3. The largest absolute Gasteiger partial charge is 0.251 e. The van der Waals surface area contributed by atoms with Crippen LogP contribution in [0.3, 0.4) is 0 Å². The van der Waals surface area contributed by atoms with Crippen molar-refractivity contribution in [2.75, 3.05) is 0 Å². The van der Waals surface area contributed by atoms with Gasteiger partial charge in [0.05, 0.1) is 22.8 Å². The summed E-state index contributed by atoms with van der Waals surface area (Å²) in [4.78, 5) is 10.1. The van der Waals surface area contributed by atoms with Crippen molar-refractivity contribution >= 4 is 22.8 Å². The van der Waals surface area contributed by atoms with Gasteiger partial charge in [-0.05, 0) is 56.0 Å². The summed E-state index contributed by atoms with van der Waals surface area (Å²) in [5, 5.41) is 0. The van der Waals surface area contributed by atoms with Crippen molar-refractivity contribution in [2.24, 2.45) is 9.98 Å². The van der Waals surface area contributed by atoms with Gasteiger partial charge in [0, 0.05) is 16.5 Å². The minimum absolute atomic E-state index is 0. The van der Waals surface area contributed by atoms with E-state index in [0.717, 1.165) is 42.1 Å². The second-order valence-corrected chi connectivity index (χ2v) is 13.1. The van der Waals surface area contributed by atoms with Crippen LogP contribution in [0.25, 0.3) is 0 Å². The molecule has 0 atom stereocenters. The van der Waals surface area contributed by atoms with Gasteiger partial charge in [-0.1, -0.05) is 191 Å². The van der Waals surface area contributed by atoms with Gasteiger partial charge < -0.3 is 0 Å². The Hall–Kier alpha value is -1.99. The third kappa shape index (κ3) is 23.4. The molecule has 0 fully saturated rings. The van der Waals surface area contributed by atoms with Crippen LogP contribution in [0.15, 0.2) is 82.8 Å². The molecule has 0 spiro atoms. The summed E-state index contributed by atoms with van der Waals surface area (Å²) in [6.07, 6.45) is 38.7. The first kappa shape index (κ1) is 42.0. The monoisotopic (exact) mass is 670 g/mol. The number of rotatable bonds is 29. The molecule has 0 N–H and O–H groups in total. The van der Waals surface area contributed by atoms with E-state index in [1.54, 1.807) is 0 Å². The van der Waals surface area contributed by atoms with Crippen molar-refractivity contribution in [3.63, 3.8) is 0 Å². The fourth-order valence-electron chi connectivity index (χ4n) is 5.99. The van der Waals surface area contributed by atoms with Crippen molar-refractivity contribution in [3.05, 3.63) is 72.8 Å². The smallest absolute Gasteiger partial charge is 0.0848 e. The normalized spacial score (nSPS) is 12.1. The van der Waals surface area contributed by atoms with Gasteiger partial charge in [0.25, 0.3) is 0 Å². The third-order valence-corrected chi connectivity index (χ3v) is 8.84. The van der Waals surface area contributed by atoms with Crippen molar-refractivity contribution in [1.29, 1.82) is 0 Å². The molecule has 46 heavy (non-hydrogen) atoms. The van der Waals surface area contributed by atoms with E-state index in [4.69, 9.17) is 9.98 Å². The van der Waals surface area contributed by atoms with Gasteiger partial charge in [0.2, 0.25) is 0 Å². The molecule has 0 aliphatic heterocycles. The summed E-state index contributed by atoms with van der Waals surface area (Å²) >= 11 is 0. The number of aliphatic imine (C=N–C) groups is 2. The Labute approximate surface area is 295 Å². The molecule has 3 heteroatoms. The van der Waals surface area contributed by atoms with E-state index < -0.39 is 0 Å². The van der Waals surface area contributed by atoms with Crippen LogP contribution in [-0.2, 0) is 16.5 Å². The number of para-hydroxylation sites is 2. The van der Waals surface area contributed by atoms with Crippen LogP contribution in [0.1, 0.15) is 174 Å². The average molecular weight is 672 g/mol. The van der Waals surface area contributed by atoms with Crippen molar-refractivity contribution in [3.8, 4) is 0 Å². The van der Waals surface area contributed by atoms with Crippen LogP contribution in [0.4, 0.5) is 11.4 Å². The molecule has 0 heterocycles. The first-order valence-corrected chi connectivity index (χ1v) is 19.3. The molecule has 0 aliphatic rings. The Morgan fingerprint density at radius 2 is 0.826 bits per heavy atom. The first-order valence-electron chi connectivity index (χ1n) is 19.3. The van der Waals surface area contributed by atoms with Crippen molar-refractivity contribution in [1.82, 2.24) is 0 Å². The van der Waals surface area contributed by atoms with E-state index >= 15 is 0 Å². The zero-order valence-electron chi connectivity index (χ0n) is 29.8. The zero-order chi connectivity index (χ0) is 31.9. The molecule has 0 saturated heterocycles. The number of allylic oxidation sites excluding steroid dienone is 2. The van der Waals surface area contributed by atoms with Gasteiger partial charge in [0.1, 0.15) is 0 Å². The van der Waals surface area contributed by atoms with E-state index in [-0.39, 0.29) is 16.5 Å². The maximum Gasteiger partial charge on any atom is 0.0848 e. The maximum atomic E-state index is 5.07. The Morgan fingerprint density at radius 1 is 0.457 bits per heavy atom. The maximum absolute atomic E-state index is 5.07. The molecule has 0 bridgehead atoms. The predicted octanol–water partition coefficient (Wildman–Crippen LogP) is 14.9. The molecule has 2 aromatic rings.